The number of halogens is 4. The second kappa shape index (κ2) is 4.26. The van der Waals surface area contributed by atoms with E-state index >= 15 is 0 Å². The summed E-state index contributed by atoms with van der Waals surface area (Å²) in [6.45, 7) is -0.947. The summed E-state index contributed by atoms with van der Waals surface area (Å²) in [6.07, 6.45) is -6.62. The first-order valence-electron chi connectivity index (χ1n) is 3.84. The van der Waals surface area contributed by atoms with Crippen molar-refractivity contribution < 1.29 is 23.2 Å². The Morgan fingerprint density at radius 1 is 1.69 bits per heavy atom. The SMILES string of the molecule is O=[N+]([O-])c1nn(CC(O)C(F)(F)F)cc1Cl. The van der Waals surface area contributed by atoms with Crippen molar-refractivity contribution in [2.75, 3.05) is 0 Å². The molecule has 90 valence electrons. The third-order valence-electron chi connectivity index (χ3n) is 1.61. The third kappa shape index (κ3) is 2.83. The molecule has 0 spiro atoms. The lowest BCUT2D eigenvalue weighted by Crippen LogP contribution is -2.32. The van der Waals surface area contributed by atoms with Gasteiger partial charge in [0.1, 0.15) is 0 Å². The predicted molar refractivity (Wildman–Crippen MR) is 46.0 cm³/mol. The number of aromatic nitrogens is 2. The van der Waals surface area contributed by atoms with Crippen LogP contribution in [-0.4, -0.2) is 32.1 Å². The number of nitrogens with zero attached hydrogens (tertiary/aromatic N) is 3. The van der Waals surface area contributed by atoms with E-state index in [0.29, 0.717) is 4.68 Å². The summed E-state index contributed by atoms with van der Waals surface area (Å²) >= 11 is 5.35. The summed E-state index contributed by atoms with van der Waals surface area (Å²) in [5, 5.41) is 21.8. The second-order valence-corrected chi connectivity index (χ2v) is 3.24. The van der Waals surface area contributed by atoms with Gasteiger partial charge in [0, 0.05) is 0 Å². The zero-order chi connectivity index (χ0) is 12.5. The third-order valence-corrected chi connectivity index (χ3v) is 1.88. The number of aliphatic hydroxyl groups excluding tert-OH is 1. The average molecular weight is 260 g/mol. The summed E-state index contributed by atoms with van der Waals surface area (Å²) in [5.41, 5.74) is 0. The van der Waals surface area contributed by atoms with Crippen LogP contribution < -0.4 is 0 Å². The van der Waals surface area contributed by atoms with Gasteiger partial charge in [-0.3, -0.25) is 0 Å². The molecular formula is C6H5ClF3N3O3. The molecule has 1 aromatic heterocycles. The zero-order valence-electron chi connectivity index (χ0n) is 7.48. The van der Waals surface area contributed by atoms with E-state index < -0.39 is 29.6 Å². The number of alkyl halides is 3. The van der Waals surface area contributed by atoms with Gasteiger partial charge in [-0.1, -0.05) is 11.6 Å². The van der Waals surface area contributed by atoms with E-state index in [2.05, 4.69) is 5.10 Å². The summed E-state index contributed by atoms with van der Waals surface area (Å²) in [5.74, 6) is -0.754. The normalized spacial score (nSPS) is 13.8. The molecule has 0 aliphatic rings. The van der Waals surface area contributed by atoms with E-state index in [9.17, 15) is 23.3 Å². The fraction of sp³-hybridized carbons (Fsp3) is 0.500. The van der Waals surface area contributed by atoms with Gasteiger partial charge in [0.2, 0.25) is 0 Å². The van der Waals surface area contributed by atoms with Crippen LogP contribution in [0.2, 0.25) is 5.02 Å². The van der Waals surface area contributed by atoms with Gasteiger partial charge in [0.15, 0.2) is 11.1 Å². The van der Waals surface area contributed by atoms with Gasteiger partial charge in [0.05, 0.1) is 17.8 Å². The Balaban J connectivity index is 2.84. The molecule has 0 saturated heterocycles. The molecule has 0 bridgehead atoms. The molecule has 0 aromatic carbocycles. The smallest absolute Gasteiger partial charge is 0.382 e. The first-order valence-corrected chi connectivity index (χ1v) is 4.21. The molecule has 1 unspecified atom stereocenters. The van der Waals surface area contributed by atoms with Crippen LogP contribution in [-0.2, 0) is 6.54 Å². The molecule has 0 aliphatic carbocycles. The highest BCUT2D eigenvalue weighted by Gasteiger charge is 2.39. The fourth-order valence-corrected chi connectivity index (χ4v) is 1.10. The van der Waals surface area contributed by atoms with Crippen molar-refractivity contribution in [2.45, 2.75) is 18.8 Å². The molecule has 0 amide bonds. The Hall–Kier alpha value is -1.35. The molecule has 6 nitrogen and oxygen atoms in total. The van der Waals surface area contributed by atoms with Crippen LogP contribution in [0.15, 0.2) is 6.20 Å². The van der Waals surface area contributed by atoms with Crippen LogP contribution in [0.25, 0.3) is 0 Å². The minimum absolute atomic E-state index is 0.389. The Morgan fingerprint density at radius 3 is 2.62 bits per heavy atom. The quantitative estimate of drug-likeness (QED) is 0.656. The van der Waals surface area contributed by atoms with E-state index in [4.69, 9.17) is 16.7 Å². The maximum Gasteiger partial charge on any atom is 0.416 e. The number of rotatable bonds is 3. The zero-order valence-corrected chi connectivity index (χ0v) is 8.23. The molecule has 1 rings (SSSR count). The first kappa shape index (κ1) is 12.7. The molecule has 0 fully saturated rings. The second-order valence-electron chi connectivity index (χ2n) is 2.84. The fourth-order valence-electron chi connectivity index (χ4n) is 0.885. The van der Waals surface area contributed by atoms with Gasteiger partial charge >= 0.3 is 12.0 Å². The van der Waals surface area contributed by atoms with Crippen molar-refractivity contribution in [1.82, 2.24) is 9.78 Å². The van der Waals surface area contributed by atoms with Gasteiger partial charge in [-0.2, -0.15) is 17.9 Å². The molecule has 0 radical (unpaired) electrons. The van der Waals surface area contributed by atoms with Gasteiger partial charge in [-0.25, -0.2) is 0 Å². The molecule has 0 aliphatic heterocycles. The lowest BCUT2D eigenvalue weighted by molar-refractivity contribution is -0.389. The lowest BCUT2D eigenvalue weighted by Gasteiger charge is -2.12. The van der Waals surface area contributed by atoms with Crippen LogP contribution in [0.4, 0.5) is 19.0 Å². The Kier molecular flexibility index (Phi) is 3.38. The van der Waals surface area contributed by atoms with Crippen molar-refractivity contribution in [3.05, 3.63) is 21.3 Å². The maximum atomic E-state index is 11.9. The van der Waals surface area contributed by atoms with Crippen molar-refractivity contribution in [1.29, 1.82) is 0 Å². The number of hydrogen-bond acceptors (Lipinski definition) is 4. The topological polar surface area (TPSA) is 81.2 Å². The molecule has 10 heteroatoms. The van der Waals surface area contributed by atoms with E-state index in [1.54, 1.807) is 0 Å². The number of aliphatic hydroxyl groups is 1. The monoisotopic (exact) mass is 259 g/mol. The molecule has 1 heterocycles. The largest absolute Gasteiger partial charge is 0.416 e. The number of nitro groups is 1. The lowest BCUT2D eigenvalue weighted by atomic mass is 10.3. The van der Waals surface area contributed by atoms with E-state index in [0.717, 1.165) is 6.20 Å². The van der Waals surface area contributed by atoms with Crippen molar-refractivity contribution in [3.8, 4) is 0 Å². The standard InChI is InChI=1S/C6H5ClF3N3O3/c7-3-1-12(11-5(3)13(15)16)2-4(14)6(8,9)10/h1,4,14H,2H2. The molecule has 1 N–H and O–H groups in total. The van der Waals surface area contributed by atoms with Gasteiger partial charge in [-0.15, -0.1) is 0 Å². The van der Waals surface area contributed by atoms with E-state index in [1.165, 1.54) is 0 Å². The van der Waals surface area contributed by atoms with Crippen LogP contribution in [0.5, 0.6) is 0 Å². The van der Waals surface area contributed by atoms with Gasteiger partial charge in [-0.05, 0) is 4.92 Å². The molecular weight excluding hydrogens is 255 g/mol. The van der Waals surface area contributed by atoms with Crippen LogP contribution in [0.1, 0.15) is 0 Å². The summed E-state index contributed by atoms with van der Waals surface area (Å²) in [7, 11) is 0. The highest BCUT2D eigenvalue weighted by molar-refractivity contribution is 6.32. The predicted octanol–water partition coefficient (Wildman–Crippen LogP) is 1.37. The van der Waals surface area contributed by atoms with E-state index in [1.807, 2.05) is 0 Å². The molecule has 0 saturated carbocycles. The molecule has 1 atom stereocenters. The summed E-state index contributed by atoms with van der Waals surface area (Å²) in [4.78, 5) is 9.35. The number of hydrogen-bond donors (Lipinski definition) is 1. The highest BCUT2D eigenvalue weighted by atomic mass is 35.5. The molecule has 1 aromatic rings. The average Bonchev–Trinajstić information content (AvgIpc) is 2.45. The minimum Gasteiger partial charge on any atom is -0.382 e. The van der Waals surface area contributed by atoms with Gasteiger partial charge < -0.3 is 15.2 Å². The summed E-state index contributed by atoms with van der Waals surface area (Å²) in [6, 6.07) is 0. The van der Waals surface area contributed by atoms with Crippen LogP contribution in [0, 0.1) is 10.1 Å². The van der Waals surface area contributed by atoms with Crippen LogP contribution >= 0.6 is 11.6 Å². The highest BCUT2D eigenvalue weighted by Crippen LogP contribution is 2.24. The summed E-state index contributed by atoms with van der Waals surface area (Å²) < 4.78 is 36.4. The van der Waals surface area contributed by atoms with Crippen molar-refractivity contribution in [3.63, 3.8) is 0 Å². The van der Waals surface area contributed by atoms with Crippen molar-refractivity contribution in [2.24, 2.45) is 0 Å². The van der Waals surface area contributed by atoms with Crippen molar-refractivity contribution >= 4 is 17.4 Å². The maximum absolute atomic E-state index is 11.9. The Bertz CT molecular complexity index is 405. The van der Waals surface area contributed by atoms with E-state index in [-0.39, 0.29) is 5.02 Å². The molecule has 16 heavy (non-hydrogen) atoms. The Labute approximate surface area is 91.4 Å². The Morgan fingerprint density at radius 2 is 2.25 bits per heavy atom. The first-order chi connectivity index (χ1) is 7.21. The van der Waals surface area contributed by atoms with Crippen LogP contribution in [0.3, 0.4) is 0 Å². The minimum atomic E-state index is -4.81. The van der Waals surface area contributed by atoms with Gasteiger partial charge in [0.25, 0.3) is 0 Å².